The summed E-state index contributed by atoms with van der Waals surface area (Å²) in [6, 6.07) is 0. The van der Waals surface area contributed by atoms with Crippen LogP contribution in [0.4, 0.5) is 0 Å². The van der Waals surface area contributed by atoms with Crippen LogP contribution in [0.3, 0.4) is 0 Å². The van der Waals surface area contributed by atoms with Gasteiger partial charge in [-0.15, -0.1) is 4.67 Å². The van der Waals surface area contributed by atoms with E-state index in [1.165, 1.54) is 0 Å². The molecule has 0 unspecified atom stereocenters. The lowest BCUT2D eigenvalue weighted by Crippen LogP contribution is -2.02. The molecule has 0 saturated carbocycles. The van der Waals surface area contributed by atoms with E-state index in [0.29, 0.717) is 0 Å². The fourth-order valence-corrected chi connectivity index (χ4v) is 0.759. The van der Waals surface area contributed by atoms with Gasteiger partial charge >= 0.3 is 5.97 Å². The van der Waals surface area contributed by atoms with Crippen molar-refractivity contribution in [3.05, 3.63) is 11.6 Å². The first-order valence-electron chi connectivity index (χ1n) is 3.05. The Kier molecular flexibility index (Phi) is 2.03. The number of hydrogen-bond acceptors (Lipinski definition) is 1. The molecule has 0 atom stereocenters. The topological polar surface area (TPSA) is 51.4 Å². The lowest BCUT2D eigenvalue weighted by molar-refractivity contribution is -0.136. The third-order valence-electron chi connectivity index (χ3n) is 1.19. The molecule has 1 aliphatic heterocycles. The second-order valence-corrected chi connectivity index (χ2v) is 2.05. The van der Waals surface area contributed by atoms with Crippen molar-refractivity contribution in [3.63, 3.8) is 0 Å². The van der Waals surface area contributed by atoms with Crippen LogP contribution in [0.15, 0.2) is 11.6 Å². The lowest BCUT2D eigenvalue weighted by atomic mass is 10.1. The van der Waals surface area contributed by atoms with E-state index in [1.807, 2.05) is 6.08 Å². The maximum Gasteiger partial charge on any atom is 0.308 e. The number of carbonyl (C=O) groups is 1. The predicted octanol–water partition coefficient (Wildman–Crippen LogP) is 0.000000000000000222. The Labute approximate surface area is 58.4 Å². The number of carboxylic acid groups (broad SMARTS) is 1. The summed E-state index contributed by atoms with van der Waals surface area (Å²) in [5, 5.41) is 8.35. The Bertz CT molecular complexity index is 234. The molecular formula is C7H8NO2+. The summed E-state index contributed by atoms with van der Waals surface area (Å²) in [4.78, 5) is 10.2. The van der Waals surface area contributed by atoms with Crippen molar-refractivity contribution in [3.8, 4) is 0 Å². The highest BCUT2D eigenvalue weighted by molar-refractivity contribution is 5.89. The van der Waals surface area contributed by atoms with Crippen molar-refractivity contribution in [2.45, 2.75) is 12.8 Å². The van der Waals surface area contributed by atoms with Gasteiger partial charge in [-0.1, -0.05) is 6.08 Å². The number of nitrogens with zero attached hydrogens (tertiary/aromatic N) is 1. The Morgan fingerprint density at radius 2 is 2.60 bits per heavy atom. The summed E-state index contributed by atoms with van der Waals surface area (Å²) >= 11 is 0. The van der Waals surface area contributed by atoms with Gasteiger partial charge in [0.05, 0.1) is 12.8 Å². The molecule has 0 aromatic heterocycles. The Hall–Kier alpha value is -1.34. The van der Waals surface area contributed by atoms with E-state index in [1.54, 1.807) is 12.4 Å². The van der Waals surface area contributed by atoms with Crippen LogP contribution in [0.5, 0.6) is 0 Å². The molecule has 0 saturated heterocycles. The van der Waals surface area contributed by atoms with Gasteiger partial charge in [0.15, 0.2) is 0 Å². The number of allylic oxidation sites excluding steroid dienone is 1. The minimum Gasteiger partial charge on any atom is -0.481 e. The molecule has 0 fully saturated rings. The molecule has 0 bridgehead atoms. The van der Waals surface area contributed by atoms with Crippen molar-refractivity contribution < 1.29 is 9.90 Å². The SMILES string of the molecule is O=C(O)CC1=CCC=[N+]=C1. The predicted molar refractivity (Wildman–Crippen MR) is 39.2 cm³/mol. The summed E-state index contributed by atoms with van der Waals surface area (Å²) in [5.74, 6) is -0.806. The molecule has 3 nitrogen and oxygen atoms in total. The molecule has 1 rings (SSSR count). The first-order chi connectivity index (χ1) is 4.79. The number of aliphatic carboxylic acids is 1. The number of rotatable bonds is 2. The average Bonchev–Trinajstić information content (AvgIpc) is 1.88. The molecule has 0 aliphatic carbocycles. The molecule has 0 amide bonds. The Balaban J connectivity index is 2.58. The number of hydrogen-bond donors (Lipinski definition) is 1. The second-order valence-electron chi connectivity index (χ2n) is 2.05. The fraction of sp³-hybridized carbons (Fsp3) is 0.286. The van der Waals surface area contributed by atoms with Crippen molar-refractivity contribution in [2.24, 2.45) is 0 Å². The van der Waals surface area contributed by atoms with Gasteiger partial charge in [0, 0.05) is 5.57 Å². The smallest absolute Gasteiger partial charge is 0.308 e. The standard InChI is InChI=1S/C7H7NO2/c9-7(10)4-6-2-1-3-8-5-6/h2-3,5H,1,4H2/p+1. The molecular weight excluding hydrogens is 130 g/mol. The van der Waals surface area contributed by atoms with Crippen molar-refractivity contribution in [2.75, 3.05) is 0 Å². The van der Waals surface area contributed by atoms with E-state index in [2.05, 4.69) is 4.67 Å². The van der Waals surface area contributed by atoms with Crippen LogP contribution in [0, 0.1) is 0 Å². The quantitative estimate of drug-likeness (QED) is 0.546. The summed E-state index contributed by atoms with van der Waals surface area (Å²) in [7, 11) is 0. The highest BCUT2D eigenvalue weighted by Crippen LogP contribution is 1.99. The van der Waals surface area contributed by atoms with Crippen LogP contribution >= 0.6 is 0 Å². The molecule has 1 N–H and O–H groups in total. The Morgan fingerprint density at radius 1 is 1.80 bits per heavy atom. The molecule has 52 valence electrons. The monoisotopic (exact) mass is 138 g/mol. The van der Waals surface area contributed by atoms with E-state index in [-0.39, 0.29) is 6.42 Å². The first-order valence-corrected chi connectivity index (χ1v) is 3.05. The van der Waals surface area contributed by atoms with E-state index in [0.717, 1.165) is 12.0 Å². The van der Waals surface area contributed by atoms with Gasteiger partial charge in [0.25, 0.3) is 12.4 Å². The summed E-state index contributed by atoms with van der Waals surface area (Å²) < 4.78 is 3.83. The Morgan fingerprint density at radius 3 is 3.10 bits per heavy atom. The van der Waals surface area contributed by atoms with E-state index >= 15 is 0 Å². The zero-order valence-corrected chi connectivity index (χ0v) is 5.45. The fourth-order valence-electron chi connectivity index (χ4n) is 0.759. The van der Waals surface area contributed by atoms with Crippen LogP contribution in [0.25, 0.3) is 0 Å². The molecule has 0 aromatic carbocycles. The lowest BCUT2D eigenvalue weighted by Gasteiger charge is -1.89. The molecule has 0 radical (unpaired) electrons. The van der Waals surface area contributed by atoms with Crippen LogP contribution in [-0.4, -0.2) is 23.5 Å². The summed E-state index contributed by atoms with van der Waals surface area (Å²) in [6.07, 6.45) is 6.01. The largest absolute Gasteiger partial charge is 0.481 e. The molecule has 0 spiro atoms. The van der Waals surface area contributed by atoms with Crippen LogP contribution in [0.1, 0.15) is 12.8 Å². The van der Waals surface area contributed by atoms with Gasteiger partial charge in [-0.05, 0) is 0 Å². The van der Waals surface area contributed by atoms with Crippen LogP contribution in [0.2, 0.25) is 0 Å². The van der Waals surface area contributed by atoms with Crippen molar-refractivity contribution in [1.82, 2.24) is 4.67 Å². The third kappa shape index (κ3) is 1.88. The maximum absolute atomic E-state index is 10.2. The minimum atomic E-state index is -0.806. The third-order valence-corrected chi connectivity index (χ3v) is 1.19. The highest BCUT2D eigenvalue weighted by atomic mass is 16.4. The average molecular weight is 138 g/mol. The second kappa shape index (κ2) is 2.99. The van der Waals surface area contributed by atoms with E-state index < -0.39 is 5.97 Å². The van der Waals surface area contributed by atoms with Gasteiger partial charge in [-0.25, -0.2) is 0 Å². The molecule has 10 heavy (non-hydrogen) atoms. The molecule has 1 heterocycles. The van der Waals surface area contributed by atoms with Gasteiger partial charge in [-0.3, -0.25) is 4.79 Å². The number of carboxylic acids is 1. The van der Waals surface area contributed by atoms with Crippen molar-refractivity contribution >= 4 is 18.4 Å². The van der Waals surface area contributed by atoms with Gasteiger partial charge in [-0.2, -0.15) is 0 Å². The van der Waals surface area contributed by atoms with Gasteiger partial charge in [0.2, 0.25) is 0 Å². The minimum absolute atomic E-state index is 0.0807. The normalized spacial score (nSPS) is 15.0. The van der Waals surface area contributed by atoms with Gasteiger partial charge < -0.3 is 5.11 Å². The zero-order chi connectivity index (χ0) is 7.40. The molecule has 3 heteroatoms. The van der Waals surface area contributed by atoms with E-state index in [9.17, 15) is 4.79 Å². The van der Waals surface area contributed by atoms with E-state index in [4.69, 9.17) is 5.11 Å². The van der Waals surface area contributed by atoms with Gasteiger partial charge in [0.1, 0.15) is 0 Å². The van der Waals surface area contributed by atoms with Crippen molar-refractivity contribution in [1.29, 1.82) is 0 Å². The maximum atomic E-state index is 10.2. The zero-order valence-electron chi connectivity index (χ0n) is 5.45. The first kappa shape index (κ1) is 6.78. The molecule has 0 aromatic rings. The molecule has 1 aliphatic rings. The summed E-state index contributed by atoms with van der Waals surface area (Å²) in [5.41, 5.74) is 0.787. The van der Waals surface area contributed by atoms with Crippen LogP contribution in [-0.2, 0) is 4.79 Å². The highest BCUT2D eigenvalue weighted by Gasteiger charge is 2.07. The van der Waals surface area contributed by atoms with Crippen LogP contribution < -0.4 is 4.67 Å². The summed E-state index contributed by atoms with van der Waals surface area (Å²) in [6.45, 7) is 0.